The van der Waals surface area contributed by atoms with E-state index in [1.165, 1.54) is 24.3 Å². The highest BCUT2D eigenvalue weighted by Crippen LogP contribution is 2.61. The number of hydrogen-bond donors (Lipinski definition) is 5. The summed E-state index contributed by atoms with van der Waals surface area (Å²) >= 11 is 0. The maximum atomic E-state index is 12.8. The lowest BCUT2D eigenvalue weighted by atomic mass is 9.91. The first-order chi connectivity index (χ1) is 20.6. The Kier molecular flexibility index (Phi) is 13.7. The number of ether oxygens (including phenoxy) is 2. The number of esters is 2. The van der Waals surface area contributed by atoms with Gasteiger partial charge < -0.3 is 34.4 Å². The molecule has 0 bridgehead atoms. The minimum absolute atomic E-state index is 0.00692. The minimum Gasteiger partial charge on any atom is -0.423 e. The summed E-state index contributed by atoms with van der Waals surface area (Å²) in [5.41, 5.74) is 3.47. The lowest BCUT2D eigenvalue weighted by molar-refractivity contribution is -0.129. The van der Waals surface area contributed by atoms with Crippen LogP contribution in [-0.4, -0.2) is 42.8 Å². The second-order valence-corrected chi connectivity index (χ2v) is 13.5. The summed E-state index contributed by atoms with van der Waals surface area (Å²) in [6.07, 6.45) is 5.30. The van der Waals surface area contributed by atoms with E-state index < -0.39 is 51.3 Å². The Morgan fingerprint density at radius 3 is 1.80 bits per heavy atom. The predicted octanol–water partition coefficient (Wildman–Crippen LogP) is 5.78. The monoisotopic (exact) mass is 649 g/mol. The molecule has 0 aromatic heterocycles. The molecule has 0 heterocycles. The van der Waals surface area contributed by atoms with Gasteiger partial charge in [-0.3, -0.25) is 13.9 Å². The van der Waals surface area contributed by atoms with Crippen LogP contribution in [0.15, 0.2) is 66.8 Å². The van der Waals surface area contributed by atoms with E-state index in [2.05, 4.69) is 5.32 Å². The van der Waals surface area contributed by atoms with Crippen LogP contribution in [0.3, 0.4) is 0 Å². The highest BCUT2D eigenvalue weighted by atomic mass is 31.2. The molecule has 2 rings (SSSR count). The van der Waals surface area contributed by atoms with Gasteiger partial charge in [-0.15, -0.1) is 0 Å². The summed E-state index contributed by atoms with van der Waals surface area (Å²) in [5, 5.41) is 0.211. The molecule has 12 nitrogen and oxygen atoms in total. The molecule has 44 heavy (non-hydrogen) atoms. The van der Waals surface area contributed by atoms with Gasteiger partial charge in [-0.2, -0.15) is 0 Å². The number of carbonyl (C=O) groups is 3. The fourth-order valence-corrected chi connectivity index (χ4v) is 6.88. The van der Waals surface area contributed by atoms with Crippen LogP contribution in [0.25, 0.3) is 11.1 Å². The van der Waals surface area contributed by atoms with E-state index in [0.29, 0.717) is 24.2 Å². The van der Waals surface area contributed by atoms with E-state index in [-0.39, 0.29) is 11.4 Å². The maximum Gasteiger partial charge on any atom is 0.340 e. The zero-order valence-corrected chi connectivity index (χ0v) is 26.6. The highest BCUT2D eigenvalue weighted by molar-refractivity contribution is 7.70. The Labute approximate surface area is 255 Å². The van der Waals surface area contributed by atoms with Gasteiger partial charge >= 0.3 is 27.1 Å². The van der Waals surface area contributed by atoms with Gasteiger partial charge in [0.05, 0.1) is 5.69 Å². The summed E-state index contributed by atoms with van der Waals surface area (Å²) in [6.45, 7) is 7.24. The smallest absolute Gasteiger partial charge is 0.340 e. The van der Waals surface area contributed by atoms with E-state index >= 15 is 0 Å². The molecule has 0 saturated heterocycles. The minimum atomic E-state index is -5.21. The van der Waals surface area contributed by atoms with Crippen molar-refractivity contribution >= 4 is 49.9 Å². The average Bonchev–Trinajstić information content (AvgIpc) is 2.92. The van der Waals surface area contributed by atoms with Crippen LogP contribution in [0, 0.1) is 0 Å². The summed E-state index contributed by atoms with van der Waals surface area (Å²) in [6, 6.07) is 11.8. The molecule has 0 atom stereocenters. The highest BCUT2D eigenvalue weighted by Gasteiger charge is 2.43. The van der Waals surface area contributed by atoms with Crippen LogP contribution >= 0.6 is 15.2 Å². The van der Waals surface area contributed by atoms with Gasteiger partial charge in [0.15, 0.2) is 11.1 Å². The largest absolute Gasteiger partial charge is 0.423 e. The quantitative estimate of drug-likeness (QED) is 0.0547. The second-order valence-electron chi connectivity index (χ2n) is 9.49. The molecule has 1 amide bonds. The third kappa shape index (κ3) is 10.8. The molecule has 14 heteroatoms. The average molecular weight is 650 g/mol. The number of amides is 1. The van der Waals surface area contributed by atoms with Crippen molar-refractivity contribution in [1.82, 2.24) is 0 Å². The Hall–Kier alpha value is -3.63. The molecule has 5 N–H and O–H groups in total. The number of rotatable bonds is 14. The van der Waals surface area contributed by atoms with Crippen molar-refractivity contribution < 1.29 is 52.6 Å². The van der Waals surface area contributed by atoms with Gasteiger partial charge in [0.2, 0.25) is 5.91 Å². The number of carbonyl (C=O) groups excluding carboxylic acids is 3. The molecule has 0 aliphatic heterocycles. The number of anilines is 1. The molecule has 0 spiro atoms. The van der Waals surface area contributed by atoms with Gasteiger partial charge in [0.25, 0.3) is 0 Å². The van der Waals surface area contributed by atoms with E-state index in [1.54, 1.807) is 44.2 Å². The van der Waals surface area contributed by atoms with Crippen LogP contribution in [0.2, 0.25) is 0 Å². The topological polar surface area (TPSA) is 197 Å². The number of nitrogens with one attached hydrogen (secondary N) is 1. The first-order valence-electron chi connectivity index (χ1n) is 13.7. The third-order valence-corrected chi connectivity index (χ3v) is 10.2. The third-order valence-electron chi connectivity index (χ3n) is 6.32. The Morgan fingerprint density at radius 1 is 0.795 bits per heavy atom. The SMILES string of the molecule is C/C=C/C(=O)Oc1ccc(/C(CC)=C(\CC)c2ccc(OC(=O)/C=C/C)c(NC(=O)CCC(P(=O)(O)O)P(=O)(O)O)c2)cc1. The van der Waals surface area contributed by atoms with Crippen molar-refractivity contribution in [3.63, 3.8) is 0 Å². The fraction of sp³-hybridized carbons (Fsp3) is 0.300. The molecule has 2 aromatic rings. The van der Waals surface area contributed by atoms with Gasteiger partial charge in [0.1, 0.15) is 5.75 Å². The second kappa shape index (κ2) is 16.4. The number of hydrogen-bond acceptors (Lipinski definition) is 7. The van der Waals surface area contributed by atoms with Crippen LogP contribution in [0.5, 0.6) is 11.5 Å². The van der Waals surface area contributed by atoms with Crippen LogP contribution in [-0.2, 0) is 23.5 Å². The van der Waals surface area contributed by atoms with E-state index in [0.717, 1.165) is 16.7 Å². The van der Waals surface area contributed by atoms with Crippen LogP contribution < -0.4 is 14.8 Å². The first kappa shape index (κ1) is 36.6. The molecule has 0 radical (unpaired) electrons. The summed E-state index contributed by atoms with van der Waals surface area (Å²) in [4.78, 5) is 74.3. The van der Waals surface area contributed by atoms with Crippen molar-refractivity contribution in [3.05, 3.63) is 77.9 Å². The predicted molar refractivity (Wildman–Crippen MR) is 167 cm³/mol. The maximum absolute atomic E-state index is 12.8. The Morgan fingerprint density at radius 2 is 1.30 bits per heavy atom. The summed E-state index contributed by atoms with van der Waals surface area (Å²) < 4.78 is 33.9. The first-order valence-corrected chi connectivity index (χ1v) is 17.1. The van der Waals surface area contributed by atoms with Crippen molar-refractivity contribution in [2.24, 2.45) is 0 Å². The lowest BCUT2D eigenvalue weighted by Gasteiger charge is -2.20. The molecular weight excluding hydrogens is 612 g/mol. The van der Waals surface area contributed by atoms with E-state index in [4.69, 9.17) is 9.47 Å². The van der Waals surface area contributed by atoms with Gasteiger partial charge in [-0.25, -0.2) is 9.59 Å². The number of benzene rings is 2. The standard InChI is InChI=1S/C30H37NO11P2/c1-5-9-28(33)41-22-14-11-20(12-15-22)23(7-3)24(8-4)21-13-16-26(42-29(34)10-6-2)25(19-21)31-27(32)17-18-30(43(35,36)37)44(38,39)40/h5-6,9-16,19,30H,7-8,17-18H2,1-4H3,(H,31,32)(H2,35,36,37)(H2,38,39,40)/b9-5+,10-6+,24-23+. The molecular formula is C30H37NO11P2. The summed E-state index contributed by atoms with van der Waals surface area (Å²) in [5.74, 6) is -1.65. The van der Waals surface area contributed by atoms with Crippen molar-refractivity contribution in [3.8, 4) is 11.5 Å². The van der Waals surface area contributed by atoms with Gasteiger partial charge in [0, 0.05) is 18.6 Å². The molecule has 0 unspecified atom stereocenters. The van der Waals surface area contributed by atoms with Crippen molar-refractivity contribution in [2.45, 2.75) is 58.8 Å². The molecule has 0 fully saturated rings. The zero-order chi connectivity index (χ0) is 33.1. The normalized spacial score (nSPS) is 12.8. The fourth-order valence-electron chi connectivity index (χ4n) is 4.38. The molecule has 238 valence electrons. The molecule has 0 saturated carbocycles. The molecule has 0 aliphatic carbocycles. The number of allylic oxidation sites excluding steroid dienone is 4. The Bertz CT molecular complexity index is 1510. The van der Waals surface area contributed by atoms with Crippen LogP contribution in [0.4, 0.5) is 5.69 Å². The van der Waals surface area contributed by atoms with Crippen LogP contribution in [0.1, 0.15) is 64.5 Å². The van der Waals surface area contributed by atoms with Gasteiger partial charge in [-0.05, 0) is 79.6 Å². The summed E-state index contributed by atoms with van der Waals surface area (Å²) in [7, 11) is -10.4. The van der Waals surface area contributed by atoms with Gasteiger partial charge in [-0.1, -0.05) is 44.2 Å². The molecule has 0 aliphatic rings. The zero-order valence-electron chi connectivity index (χ0n) is 24.8. The van der Waals surface area contributed by atoms with Crippen molar-refractivity contribution in [1.29, 1.82) is 0 Å². The Balaban J connectivity index is 2.49. The van der Waals surface area contributed by atoms with Crippen molar-refractivity contribution in [2.75, 3.05) is 5.32 Å². The lowest BCUT2D eigenvalue weighted by Crippen LogP contribution is -2.17. The molecule has 2 aromatic carbocycles. The van der Waals surface area contributed by atoms with E-state index in [9.17, 15) is 43.1 Å². The van der Waals surface area contributed by atoms with E-state index in [1.807, 2.05) is 26.0 Å².